The van der Waals surface area contributed by atoms with Gasteiger partial charge in [-0.05, 0) is 48.9 Å². The molecule has 1 aromatic carbocycles. The van der Waals surface area contributed by atoms with Crippen LogP contribution in [0.1, 0.15) is 39.5 Å². The smallest absolute Gasteiger partial charge is 0.302 e. The molecule has 1 aliphatic rings. The number of hydrazone groups is 1. The van der Waals surface area contributed by atoms with Gasteiger partial charge in [0.2, 0.25) is 5.82 Å². The van der Waals surface area contributed by atoms with Gasteiger partial charge in [0.1, 0.15) is 4.83 Å². The van der Waals surface area contributed by atoms with Crippen molar-refractivity contribution in [3.8, 4) is 0 Å². The van der Waals surface area contributed by atoms with Crippen LogP contribution in [0.4, 0.5) is 0 Å². The highest BCUT2D eigenvalue weighted by Gasteiger charge is 2.21. The van der Waals surface area contributed by atoms with E-state index in [1.807, 2.05) is 24.3 Å². The molecule has 1 aliphatic carbocycles. The molecule has 2 heterocycles. The maximum atomic E-state index is 12.5. The van der Waals surface area contributed by atoms with Crippen molar-refractivity contribution in [2.24, 2.45) is 5.10 Å². The molecular weight excluding hydrogens is 416 g/mol. The minimum Gasteiger partial charge on any atom is -0.302 e. The van der Waals surface area contributed by atoms with Crippen molar-refractivity contribution in [2.75, 3.05) is 0 Å². The van der Waals surface area contributed by atoms with Crippen LogP contribution in [0, 0.1) is 0 Å². The number of rotatable bonds is 3. The molecule has 1 amide bonds. The molecule has 2 aromatic heterocycles. The van der Waals surface area contributed by atoms with E-state index in [1.165, 1.54) is 22.4 Å². The Morgan fingerprint density at radius 1 is 1.35 bits per heavy atom. The van der Waals surface area contributed by atoms with Crippen LogP contribution in [-0.4, -0.2) is 22.1 Å². The number of nitrogens with zero attached hydrogens (tertiary/aromatic N) is 2. The molecule has 4 rings (SSSR count). The van der Waals surface area contributed by atoms with Gasteiger partial charge in [0.25, 0.3) is 5.56 Å². The first-order chi connectivity index (χ1) is 12.6. The summed E-state index contributed by atoms with van der Waals surface area (Å²) in [5, 5.41) is 4.57. The average molecular weight is 431 g/mol. The SMILES string of the molecule is O=C(N/N=C\c1cccc(Br)c1)c1nc2sc3c(c2c(=O)[nH]1)CCCC3. The number of H-pyrrole nitrogens is 1. The third kappa shape index (κ3) is 3.34. The molecule has 0 fully saturated rings. The van der Waals surface area contributed by atoms with Crippen LogP contribution < -0.4 is 11.0 Å². The van der Waals surface area contributed by atoms with E-state index >= 15 is 0 Å². The second-order valence-electron chi connectivity index (χ2n) is 6.06. The maximum absolute atomic E-state index is 12.5. The van der Waals surface area contributed by atoms with Gasteiger partial charge in [-0.1, -0.05) is 28.1 Å². The van der Waals surface area contributed by atoms with Crippen molar-refractivity contribution < 1.29 is 4.79 Å². The summed E-state index contributed by atoms with van der Waals surface area (Å²) in [5.74, 6) is -0.561. The van der Waals surface area contributed by atoms with Gasteiger partial charge in [0, 0.05) is 9.35 Å². The minimum atomic E-state index is -0.540. The zero-order valence-electron chi connectivity index (χ0n) is 13.7. The van der Waals surface area contributed by atoms with Crippen molar-refractivity contribution in [3.05, 3.63) is 60.9 Å². The normalized spacial score (nSPS) is 13.9. The van der Waals surface area contributed by atoms with Crippen molar-refractivity contribution >= 4 is 49.6 Å². The molecule has 0 aliphatic heterocycles. The highest BCUT2D eigenvalue weighted by atomic mass is 79.9. The lowest BCUT2D eigenvalue weighted by Gasteiger charge is -2.09. The molecular formula is C18H15BrN4O2S. The van der Waals surface area contributed by atoms with Crippen molar-refractivity contribution in [1.29, 1.82) is 0 Å². The number of carbonyl (C=O) groups is 1. The number of thiophene rings is 1. The lowest BCUT2D eigenvalue weighted by Crippen LogP contribution is -2.24. The van der Waals surface area contributed by atoms with E-state index in [0.717, 1.165) is 41.3 Å². The fraction of sp³-hybridized carbons (Fsp3) is 0.222. The number of aryl methyl sites for hydroxylation is 2. The third-order valence-corrected chi connectivity index (χ3v) is 5.95. The van der Waals surface area contributed by atoms with E-state index < -0.39 is 5.91 Å². The first-order valence-corrected chi connectivity index (χ1v) is 9.86. The topological polar surface area (TPSA) is 87.2 Å². The Balaban J connectivity index is 1.58. The highest BCUT2D eigenvalue weighted by molar-refractivity contribution is 9.10. The number of hydrogen-bond donors (Lipinski definition) is 2. The number of hydrogen-bond acceptors (Lipinski definition) is 5. The Morgan fingerprint density at radius 3 is 3.04 bits per heavy atom. The average Bonchev–Trinajstić information content (AvgIpc) is 3.00. The van der Waals surface area contributed by atoms with Crippen LogP contribution in [0.5, 0.6) is 0 Å². The lowest BCUT2D eigenvalue weighted by atomic mass is 9.97. The first-order valence-electron chi connectivity index (χ1n) is 8.25. The standard InChI is InChI=1S/C18H15BrN4O2S/c19-11-5-3-4-10(8-11)9-20-23-17(25)15-21-16(24)14-12-6-1-2-7-13(12)26-18(14)22-15/h3-5,8-9H,1-2,6-7H2,(H,23,25)(H,21,22,24)/b20-9-. The number of benzene rings is 1. The molecule has 6 nitrogen and oxygen atoms in total. The summed E-state index contributed by atoms with van der Waals surface area (Å²) in [4.78, 5) is 33.5. The number of nitrogens with one attached hydrogen (secondary N) is 2. The summed E-state index contributed by atoms with van der Waals surface area (Å²) >= 11 is 4.89. The monoisotopic (exact) mass is 430 g/mol. The predicted molar refractivity (Wildman–Crippen MR) is 106 cm³/mol. The molecule has 132 valence electrons. The Hall–Kier alpha value is -2.32. The number of amides is 1. The summed E-state index contributed by atoms with van der Waals surface area (Å²) in [6.45, 7) is 0. The second kappa shape index (κ2) is 7.13. The molecule has 0 bridgehead atoms. The van der Waals surface area contributed by atoms with Gasteiger partial charge < -0.3 is 4.98 Å². The first kappa shape index (κ1) is 17.1. The number of halogens is 1. The van der Waals surface area contributed by atoms with Crippen molar-refractivity contribution in [1.82, 2.24) is 15.4 Å². The van der Waals surface area contributed by atoms with E-state index in [1.54, 1.807) is 0 Å². The summed E-state index contributed by atoms with van der Waals surface area (Å²) < 4.78 is 0.922. The lowest BCUT2D eigenvalue weighted by molar-refractivity contribution is 0.0945. The quantitative estimate of drug-likeness (QED) is 0.492. The highest BCUT2D eigenvalue weighted by Crippen LogP contribution is 2.33. The van der Waals surface area contributed by atoms with Crippen LogP contribution in [-0.2, 0) is 12.8 Å². The van der Waals surface area contributed by atoms with E-state index in [-0.39, 0.29) is 11.4 Å². The van der Waals surface area contributed by atoms with Gasteiger partial charge in [0.15, 0.2) is 0 Å². The van der Waals surface area contributed by atoms with E-state index in [0.29, 0.717) is 10.2 Å². The molecule has 0 saturated heterocycles. The van der Waals surface area contributed by atoms with E-state index in [2.05, 4.69) is 36.4 Å². The Bertz CT molecular complexity index is 1090. The Kier molecular flexibility index (Phi) is 4.69. The van der Waals surface area contributed by atoms with Gasteiger partial charge in [-0.15, -0.1) is 11.3 Å². The molecule has 3 aromatic rings. The Morgan fingerprint density at radius 2 is 2.19 bits per heavy atom. The van der Waals surface area contributed by atoms with E-state index in [9.17, 15) is 9.59 Å². The predicted octanol–water partition coefficient (Wildman–Crippen LogP) is 3.39. The van der Waals surface area contributed by atoms with Gasteiger partial charge in [-0.2, -0.15) is 5.10 Å². The largest absolute Gasteiger partial charge is 0.307 e. The molecule has 0 radical (unpaired) electrons. The molecule has 26 heavy (non-hydrogen) atoms. The summed E-state index contributed by atoms with van der Waals surface area (Å²) in [6.07, 6.45) is 5.64. The van der Waals surface area contributed by atoms with Crippen LogP contribution >= 0.6 is 27.3 Å². The van der Waals surface area contributed by atoms with Crippen LogP contribution in [0.2, 0.25) is 0 Å². The molecule has 0 unspecified atom stereocenters. The number of carbonyl (C=O) groups excluding carboxylic acids is 1. The molecule has 8 heteroatoms. The third-order valence-electron chi connectivity index (χ3n) is 4.27. The van der Waals surface area contributed by atoms with Crippen molar-refractivity contribution in [3.63, 3.8) is 0 Å². The molecule has 0 spiro atoms. The zero-order valence-corrected chi connectivity index (χ0v) is 16.1. The minimum absolute atomic E-state index is 0.0208. The summed E-state index contributed by atoms with van der Waals surface area (Å²) in [5.41, 5.74) is 4.09. The maximum Gasteiger partial charge on any atom is 0.307 e. The molecule has 0 saturated carbocycles. The zero-order chi connectivity index (χ0) is 18.1. The number of fused-ring (bicyclic) bond motifs is 3. The van der Waals surface area contributed by atoms with Crippen LogP contribution in [0.3, 0.4) is 0 Å². The van der Waals surface area contributed by atoms with Gasteiger partial charge >= 0.3 is 5.91 Å². The van der Waals surface area contributed by atoms with Gasteiger partial charge in [-0.3, -0.25) is 9.59 Å². The number of aromatic amines is 1. The van der Waals surface area contributed by atoms with Crippen molar-refractivity contribution in [2.45, 2.75) is 25.7 Å². The summed E-state index contributed by atoms with van der Waals surface area (Å²) in [7, 11) is 0. The Labute approximate surface area is 161 Å². The second-order valence-corrected chi connectivity index (χ2v) is 8.06. The van der Waals surface area contributed by atoms with Crippen LogP contribution in [0.25, 0.3) is 10.2 Å². The fourth-order valence-electron chi connectivity index (χ4n) is 3.08. The molecule has 2 N–H and O–H groups in total. The number of aromatic nitrogens is 2. The van der Waals surface area contributed by atoms with E-state index in [4.69, 9.17) is 0 Å². The van der Waals surface area contributed by atoms with Gasteiger partial charge in [0.05, 0.1) is 11.6 Å². The summed E-state index contributed by atoms with van der Waals surface area (Å²) in [6, 6.07) is 7.51. The van der Waals surface area contributed by atoms with Gasteiger partial charge in [-0.25, -0.2) is 10.4 Å². The molecule has 0 atom stereocenters. The van der Waals surface area contributed by atoms with Crippen LogP contribution in [0.15, 0.2) is 38.6 Å². The fourth-order valence-corrected chi connectivity index (χ4v) is 4.76.